The van der Waals surface area contributed by atoms with Crippen molar-refractivity contribution in [1.29, 1.82) is 0 Å². The molecular weight excluding hydrogens is 350 g/mol. The van der Waals surface area contributed by atoms with Crippen LogP contribution in [0.15, 0.2) is 23.8 Å². The minimum Gasteiger partial charge on any atom is -0.504 e. The molecule has 1 rings (SSSR count). The third-order valence-electron chi connectivity index (χ3n) is 4.05. The number of carboxylic acid groups (broad SMARTS) is 2. The van der Waals surface area contributed by atoms with Gasteiger partial charge in [0.05, 0.1) is 17.7 Å². The molecule has 0 amide bonds. The van der Waals surface area contributed by atoms with Gasteiger partial charge in [-0.3, -0.25) is 0 Å². The Hall–Kier alpha value is -2.98. The highest BCUT2D eigenvalue weighted by Crippen LogP contribution is 2.31. The summed E-state index contributed by atoms with van der Waals surface area (Å²) in [6.07, 6.45) is 9.41. The van der Waals surface area contributed by atoms with Gasteiger partial charge in [-0.25, -0.2) is 9.59 Å². The van der Waals surface area contributed by atoms with Crippen LogP contribution in [0.5, 0.6) is 11.5 Å². The standard InChI is InChI=1S/C20H25NO6/c1-2-11-21-12-7-5-3-4-6-8-15(19(24)25)18(20(26)27)14-9-10-16(22)17(23)13-14/h1,9-10,13,21-23H,3-8,11-12H2,(H,24,25)(H,26,27)/b18-15-. The zero-order valence-corrected chi connectivity index (χ0v) is 15.1. The monoisotopic (exact) mass is 375 g/mol. The van der Waals surface area contributed by atoms with E-state index in [0.29, 0.717) is 13.0 Å². The largest absolute Gasteiger partial charge is 0.504 e. The van der Waals surface area contributed by atoms with Gasteiger partial charge in [0, 0.05) is 0 Å². The summed E-state index contributed by atoms with van der Waals surface area (Å²) in [5.74, 6) is -1.12. The first-order valence-corrected chi connectivity index (χ1v) is 8.74. The summed E-state index contributed by atoms with van der Waals surface area (Å²) in [5.41, 5.74) is -0.561. The molecule has 0 saturated carbocycles. The van der Waals surface area contributed by atoms with Crippen LogP contribution in [0.25, 0.3) is 5.57 Å². The topological polar surface area (TPSA) is 127 Å². The average Bonchev–Trinajstić information content (AvgIpc) is 2.61. The Morgan fingerprint density at radius 1 is 0.963 bits per heavy atom. The molecule has 0 atom stereocenters. The summed E-state index contributed by atoms with van der Waals surface area (Å²) in [5, 5.41) is 40.9. The number of phenolic OH excluding ortho intramolecular Hbond substituents is 2. The van der Waals surface area contributed by atoms with Gasteiger partial charge >= 0.3 is 11.9 Å². The van der Waals surface area contributed by atoms with Crippen molar-refractivity contribution in [2.24, 2.45) is 0 Å². The van der Waals surface area contributed by atoms with Gasteiger partial charge in [0.15, 0.2) is 11.5 Å². The number of unbranched alkanes of at least 4 members (excludes halogenated alkanes) is 4. The quantitative estimate of drug-likeness (QED) is 0.164. The lowest BCUT2D eigenvalue weighted by molar-refractivity contribution is -0.134. The molecule has 0 heterocycles. The zero-order chi connectivity index (χ0) is 20.2. The molecule has 0 bridgehead atoms. The minimum atomic E-state index is -1.39. The molecule has 146 valence electrons. The lowest BCUT2D eigenvalue weighted by Gasteiger charge is -2.10. The number of rotatable bonds is 12. The van der Waals surface area contributed by atoms with Gasteiger partial charge in [0.2, 0.25) is 0 Å². The van der Waals surface area contributed by atoms with Crippen molar-refractivity contribution in [1.82, 2.24) is 5.32 Å². The molecule has 7 nitrogen and oxygen atoms in total. The highest BCUT2D eigenvalue weighted by Gasteiger charge is 2.22. The van der Waals surface area contributed by atoms with Crippen molar-refractivity contribution in [3.63, 3.8) is 0 Å². The third-order valence-corrected chi connectivity index (χ3v) is 4.05. The van der Waals surface area contributed by atoms with Crippen LogP contribution >= 0.6 is 0 Å². The number of carboxylic acids is 2. The Bertz CT molecular complexity index is 732. The van der Waals surface area contributed by atoms with Crippen molar-refractivity contribution >= 4 is 17.5 Å². The van der Waals surface area contributed by atoms with Gasteiger partial charge in [0.1, 0.15) is 0 Å². The molecule has 27 heavy (non-hydrogen) atoms. The first kappa shape index (κ1) is 22.1. The maximum absolute atomic E-state index is 11.6. The Labute approximate surface area is 158 Å². The number of hydrogen-bond donors (Lipinski definition) is 5. The SMILES string of the molecule is C#CCNCCCCCCC/C(C(=O)O)=C(/C(=O)O)c1ccc(O)c(O)c1. The van der Waals surface area contributed by atoms with Crippen LogP contribution in [0.3, 0.4) is 0 Å². The first-order chi connectivity index (χ1) is 12.9. The van der Waals surface area contributed by atoms with Crippen molar-refractivity contribution < 1.29 is 30.0 Å². The molecule has 0 saturated heterocycles. The molecule has 0 aliphatic carbocycles. The fraction of sp³-hybridized carbons (Fsp3) is 0.400. The van der Waals surface area contributed by atoms with E-state index in [2.05, 4.69) is 11.2 Å². The predicted octanol–water partition coefficient (Wildman–Crippen LogP) is 2.58. The van der Waals surface area contributed by atoms with E-state index in [1.807, 2.05) is 0 Å². The molecule has 1 aromatic rings. The maximum atomic E-state index is 11.6. The van der Waals surface area contributed by atoms with Gasteiger partial charge < -0.3 is 25.7 Å². The second-order valence-electron chi connectivity index (χ2n) is 6.07. The normalized spacial score (nSPS) is 11.5. The molecule has 5 N–H and O–H groups in total. The summed E-state index contributed by atoms with van der Waals surface area (Å²) < 4.78 is 0. The van der Waals surface area contributed by atoms with Gasteiger partial charge in [-0.15, -0.1) is 6.42 Å². The molecule has 0 fully saturated rings. The number of terminal acetylenes is 1. The molecule has 0 radical (unpaired) electrons. The van der Waals surface area contributed by atoms with E-state index in [-0.39, 0.29) is 23.1 Å². The molecule has 0 spiro atoms. The number of hydrogen-bond acceptors (Lipinski definition) is 5. The van der Waals surface area contributed by atoms with E-state index < -0.39 is 23.4 Å². The van der Waals surface area contributed by atoms with E-state index in [9.17, 15) is 30.0 Å². The number of benzene rings is 1. The van der Waals surface area contributed by atoms with Gasteiger partial charge in [0.25, 0.3) is 0 Å². The second-order valence-corrected chi connectivity index (χ2v) is 6.07. The van der Waals surface area contributed by atoms with Crippen molar-refractivity contribution in [2.75, 3.05) is 13.1 Å². The van der Waals surface area contributed by atoms with Crippen LogP contribution in [0.1, 0.15) is 44.1 Å². The molecule has 0 unspecified atom stereocenters. The van der Waals surface area contributed by atoms with Gasteiger partial charge in [-0.1, -0.05) is 31.2 Å². The Kier molecular flexibility index (Phi) is 9.48. The Morgan fingerprint density at radius 2 is 1.63 bits per heavy atom. The molecule has 0 aliphatic heterocycles. The highest BCUT2D eigenvalue weighted by molar-refractivity contribution is 6.21. The molecule has 7 heteroatoms. The van der Waals surface area contributed by atoms with E-state index in [1.54, 1.807) is 0 Å². The van der Waals surface area contributed by atoms with E-state index in [4.69, 9.17) is 6.42 Å². The summed E-state index contributed by atoms with van der Waals surface area (Å²) >= 11 is 0. The maximum Gasteiger partial charge on any atom is 0.336 e. The van der Waals surface area contributed by atoms with Crippen LogP contribution in [0, 0.1) is 12.3 Å². The van der Waals surface area contributed by atoms with Crippen molar-refractivity contribution in [3.05, 3.63) is 29.3 Å². The second kappa shape index (κ2) is 11.6. The van der Waals surface area contributed by atoms with E-state index in [0.717, 1.165) is 44.4 Å². The van der Waals surface area contributed by atoms with Crippen LogP contribution in [0.4, 0.5) is 0 Å². The summed E-state index contributed by atoms with van der Waals surface area (Å²) in [7, 11) is 0. The molecule has 0 aliphatic rings. The first-order valence-electron chi connectivity index (χ1n) is 8.74. The predicted molar refractivity (Wildman–Crippen MR) is 101 cm³/mol. The summed E-state index contributed by atoms with van der Waals surface area (Å²) in [6.45, 7) is 1.37. The van der Waals surface area contributed by atoms with Crippen molar-refractivity contribution in [2.45, 2.75) is 38.5 Å². The Morgan fingerprint density at radius 3 is 2.22 bits per heavy atom. The number of phenols is 2. The zero-order valence-electron chi connectivity index (χ0n) is 15.1. The molecular formula is C20H25NO6. The fourth-order valence-corrected chi connectivity index (χ4v) is 2.69. The third kappa shape index (κ3) is 7.42. The van der Waals surface area contributed by atoms with Crippen LogP contribution in [0.2, 0.25) is 0 Å². The van der Waals surface area contributed by atoms with Crippen molar-refractivity contribution in [3.8, 4) is 23.8 Å². The minimum absolute atomic E-state index is 0.0368. The summed E-state index contributed by atoms with van der Waals surface area (Å²) in [6, 6.07) is 3.44. The lowest BCUT2D eigenvalue weighted by Crippen LogP contribution is -2.14. The van der Waals surface area contributed by atoms with Crippen LogP contribution < -0.4 is 5.32 Å². The lowest BCUT2D eigenvalue weighted by atomic mass is 9.95. The summed E-state index contributed by atoms with van der Waals surface area (Å²) in [4.78, 5) is 23.2. The number of aromatic hydroxyl groups is 2. The molecule has 1 aromatic carbocycles. The number of carbonyl (C=O) groups is 2. The number of nitrogens with one attached hydrogen (secondary N) is 1. The number of aliphatic carboxylic acids is 2. The van der Waals surface area contributed by atoms with Gasteiger partial charge in [-0.05, 0) is 43.5 Å². The van der Waals surface area contributed by atoms with E-state index in [1.165, 1.54) is 6.07 Å². The van der Waals surface area contributed by atoms with E-state index >= 15 is 0 Å². The average molecular weight is 375 g/mol. The molecule has 0 aromatic heterocycles. The van der Waals surface area contributed by atoms with Gasteiger partial charge in [-0.2, -0.15) is 0 Å². The fourth-order valence-electron chi connectivity index (χ4n) is 2.69. The van der Waals surface area contributed by atoms with Crippen LogP contribution in [-0.2, 0) is 9.59 Å². The highest BCUT2D eigenvalue weighted by atomic mass is 16.4. The Balaban J connectivity index is 2.72. The smallest absolute Gasteiger partial charge is 0.336 e. The van der Waals surface area contributed by atoms with Crippen LogP contribution in [-0.4, -0.2) is 45.5 Å².